The van der Waals surface area contributed by atoms with Crippen LogP contribution in [-0.4, -0.2) is 40.1 Å². The lowest BCUT2D eigenvalue weighted by Crippen LogP contribution is -2.39. The molecule has 1 atom stereocenters. The molecule has 1 amide bonds. The van der Waals surface area contributed by atoms with Crippen LogP contribution in [0.2, 0.25) is 0 Å². The van der Waals surface area contributed by atoms with Crippen molar-refractivity contribution < 1.29 is 9.32 Å². The Morgan fingerprint density at radius 1 is 1.44 bits per heavy atom. The summed E-state index contributed by atoms with van der Waals surface area (Å²) in [5.74, 6) is 1.53. The largest absolute Gasteiger partial charge is 0.339 e. The third-order valence-electron chi connectivity index (χ3n) is 5.73. The topological polar surface area (TPSA) is 71.3 Å². The van der Waals surface area contributed by atoms with Gasteiger partial charge in [-0.05, 0) is 73.5 Å². The predicted molar refractivity (Wildman–Crippen MR) is 107 cm³/mol. The highest BCUT2D eigenvalue weighted by Crippen LogP contribution is 2.56. The van der Waals surface area contributed by atoms with Gasteiger partial charge in [0.05, 0.1) is 0 Å². The molecular weight excluding hydrogens is 384 g/mol. The second-order valence-corrected chi connectivity index (χ2v) is 8.35. The number of carbonyl (C=O) groups excluding carboxylic acids is 1. The fourth-order valence-electron chi connectivity index (χ4n) is 4.16. The second-order valence-electron chi connectivity index (χ2n) is 7.57. The first-order valence-electron chi connectivity index (χ1n) is 9.47. The zero-order valence-electron chi connectivity index (χ0n) is 15.6. The highest BCUT2D eigenvalue weighted by Gasteiger charge is 2.57. The van der Waals surface area contributed by atoms with E-state index in [0.29, 0.717) is 36.0 Å². The smallest absolute Gasteiger partial charge is 0.226 e. The van der Waals surface area contributed by atoms with Gasteiger partial charge >= 0.3 is 0 Å². The molecule has 1 aliphatic carbocycles. The first kappa shape index (κ1) is 20.3. The van der Waals surface area contributed by atoms with Crippen LogP contribution in [0.4, 0.5) is 0 Å². The molecule has 3 heterocycles. The number of halogens is 1. The number of aromatic nitrogens is 2. The van der Waals surface area contributed by atoms with Gasteiger partial charge in [-0.25, -0.2) is 0 Å². The van der Waals surface area contributed by atoms with Crippen molar-refractivity contribution in [1.82, 2.24) is 20.4 Å². The number of thiophene rings is 1. The molecule has 4 rings (SSSR count). The monoisotopic (exact) mass is 410 g/mol. The van der Waals surface area contributed by atoms with Crippen LogP contribution in [0.5, 0.6) is 0 Å². The molecule has 0 radical (unpaired) electrons. The molecule has 0 bridgehead atoms. The lowest BCUT2D eigenvalue weighted by atomic mass is 9.93. The summed E-state index contributed by atoms with van der Waals surface area (Å²) in [4.78, 5) is 19.4. The van der Waals surface area contributed by atoms with E-state index in [2.05, 4.69) is 37.2 Å². The Morgan fingerprint density at radius 3 is 2.93 bits per heavy atom. The Labute approximate surface area is 170 Å². The third kappa shape index (κ3) is 4.70. The number of carbonyl (C=O) groups is 1. The van der Waals surface area contributed by atoms with E-state index in [0.717, 1.165) is 32.5 Å². The zero-order chi connectivity index (χ0) is 18.0. The van der Waals surface area contributed by atoms with Crippen molar-refractivity contribution in [3.8, 4) is 0 Å². The van der Waals surface area contributed by atoms with Crippen LogP contribution in [-0.2, 0) is 17.8 Å². The lowest BCUT2D eigenvalue weighted by Gasteiger charge is -2.29. The number of nitrogens with one attached hydrogen (secondary N) is 1. The molecule has 1 aliphatic heterocycles. The Morgan fingerprint density at radius 2 is 2.26 bits per heavy atom. The summed E-state index contributed by atoms with van der Waals surface area (Å²) in [6.45, 7) is 4.70. The van der Waals surface area contributed by atoms with Crippen LogP contribution in [0.1, 0.15) is 49.4 Å². The first-order chi connectivity index (χ1) is 12.7. The number of piperidine rings is 1. The van der Waals surface area contributed by atoms with Crippen LogP contribution in [0.3, 0.4) is 0 Å². The Bertz CT molecular complexity index is 743. The molecule has 1 saturated heterocycles. The van der Waals surface area contributed by atoms with Crippen molar-refractivity contribution in [2.24, 2.45) is 5.41 Å². The first-order valence-corrected chi connectivity index (χ1v) is 10.4. The number of hydrogen-bond donors (Lipinski definition) is 1. The molecule has 1 N–H and O–H groups in total. The van der Waals surface area contributed by atoms with Gasteiger partial charge in [0, 0.05) is 25.4 Å². The van der Waals surface area contributed by atoms with E-state index < -0.39 is 0 Å². The van der Waals surface area contributed by atoms with Gasteiger partial charge in [-0.1, -0.05) is 5.16 Å². The summed E-state index contributed by atoms with van der Waals surface area (Å²) in [6.07, 6.45) is 5.49. The van der Waals surface area contributed by atoms with Gasteiger partial charge in [0.25, 0.3) is 0 Å². The number of hydrogen-bond acceptors (Lipinski definition) is 6. The van der Waals surface area contributed by atoms with Crippen LogP contribution in [0, 0.1) is 12.3 Å². The SMILES string of the molecule is Cc1noc(CCCC(=O)N(Cc2ccsc2)C2CC23CCNCC3)n1.Cl. The Hall–Kier alpha value is -1.44. The number of rotatable bonds is 7. The van der Waals surface area contributed by atoms with E-state index in [9.17, 15) is 4.79 Å². The highest BCUT2D eigenvalue weighted by molar-refractivity contribution is 7.07. The van der Waals surface area contributed by atoms with Crippen LogP contribution in [0.15, 0.2) is 21.3 Å². The van der Waals surface area contributed by atoms with Gasteiger partial charge in [-0.2, -0.15) is 16.3 Å². The van der Waals surface area contributed by atoms with E-state index in [1.165, 1.54) is 18.4 Å². The molecule has 2 aromatic rings. The van der Waals surface area contributed by atoms with Crippen LogP contribution in [0.25, 0.3) is 0 Å². The maximum absolute atomic E-state index is 13.0. The van der Waals surface area contributed by atoms with Crippen molar-refractivity contribution in [3.05, 3.63) is 34.1 Å². The van der Waals surface area contributed by atoms with Gasteiger partial charge < -0.3 is 14.7 Å². The molecule has 1 saturated carbocycles. The summed E-state index contributed by atoms with van der Waals surface area (Å²) >= 11 is 1.69. The van der Waals surface area contributed by atoms with Gasteiger partial charge in [0.1, 0.15) is 0 Å². The molecule has 2 fully saturated rings. The van der Waals surface area contributed by atoms with E-state index >= 15 is 0 Å². The van der Waals surface area contributed by atoms with Crippen molar-refractivity contribution in [1.29, 1.82) is 0 Å². The van der Waals surface area contributed by atoms with Crippen molar-refractivity contribution >= 4 is 29.7 Å². The predicted octanol–water partition coefficient (Wildman–Crippen LogP) is 3.35. The zero-order valence-corrected chi connectivity index (χ0v) is 17.3. The lowest BCUT2D eigenvalue weighted by molar-refractivity contribution is -0.133. The number of aryl methyl sites for hydroxylation is 2. The van der Waals surface area contributed by atoms with E-state index in [4.69, 9.17) is 4.52 Å². The normalized spacial score (nSPS) is 20.3. The van der Waals surface area contributed by atoms with Crippen LogP contribution >= 0.6 is 23.7 Å². The molecule has 1 spiro atoms. The quantitative estimate of drug-likeness (QED) is 0.757. The summed E-state index contributed by atoms with van der Waals surface area (Å²) < 4.78 is 5.15. The molecule has 8 heteroatoms. The summed E-state index contributed by atoms with van der Waals surface area (Å²) in [6, 6.07) is 2.53. The maximum atomic E-state index is 13.0. The van der Waals surface area contributed by atoms with Crippen LogP contribution < -0.4 is 5.32 Å². The summed E-state index contributed by atoms with van der Waals surface area (Å²) in [5.41, 5.74) is 1.60. The minimum absolute atomic E-state index is 0. The summed E-state index contributed by atoms with van der Waals surface area (Å²) in [7, 11) is 0. The third-order valence-corrected chi connectivity index (χ3v) is 6.46. The molecule has 1 unspecified atom stereocenters. The molecule has 27 heavy (non-hydrogen) atoms. The van der Waals surface area contributed by atoms with Gasteiger partial charge in [-0.3, -0.25) is 4.79 Å². The molecule has 148 valence electrons. The minimum Gasteiger partial charge on any atom is -0.339 e. The number of nitrogens with zero attached hydrogens (tertiary/aromatic N) is 3. The van der Waals surface area contributed by atoms with E-state index in [-0.39, 0.29) is 18.3 Å². The fourth-order valence-corrected chi connectivity index (χ4v) is 4.82. The fraction of sp³-hybridized carbons (Fsp3) is 0.632. The van der Waals surface area contributed by atoms with Gasteiger partial charge in [-0.15, -0.1) is 12.4 Å². The average molecular weight is 411 g/mol. The Kier molecular flexibility index (Phi) is 6.55. The van der Waals surface area contributed by atoms with Gasteiger partial charge in [0.2, 0.25) is 11.8 Å². The van der Waals surface area contributed by atoms with E-state index in [1.54, 1.807) is 11.3 Å². The molecule has 6 nitrogen and oxygen atoms in total. The number of amides is 1. The molecule has 0 aromatic carbocycles. The standard InChI is InChI=1S/C19H26N4O2S.ClH/c1-14-21-17(25-22-14)3-2-4-18(24)23(12-15-5-10-26-13-15)16-11-19(16)6-8-20-9-7-19;/h5,10,13,16,20H,2-4,6-9,11-12H2,1H3;1H. The van der Waals surface area contributed by atoms with Gasteiger partial charge in [0.15, 0.2) is 5.82 Å². The minimum atomic E-state index is 0. The molecule has 2 aromatic heterocycles. The molecule has 2 aliphatic rings. The summed E-state index contributed by atoms with van der Waals surface area (Å²) in [5, 5.41) is 11.5. The average Bonchev–Trinajstić information content (AvgIpc) is 3.01. The second kappa shape index (κ2) is 8.71. The molecular formula is C19H27ClN4O2S. The van der Waals surface area contributed by atoms with E-state index in [1.807, 2.05) is 6.92 Å². The maximum Gasteiger partial charge on any atom is 0.226 e. The van der Waals surface area contributed by atoms with Crippen molar-refractivity contribution in [3.63, 3.8) is 0 Å². The van der Waals surface area contributed by atoms with Crippen molar-refractivity contribution in [2.45, 2.75) is 58.0 Å². The highest BCUT2D eigenvalue weighted by atomic mass is 35.5. The van der Waals surface area contributed by atoms with Crippen molar-refractivity contribution in [2.75, 3.05) is 13.1 Å². The Balaban J connectivity index is 0.00000210.